The number of ether oxygens (including phenoxy) is 2. The van der Waals surface area contributed by atoms with E-state index in [0.29, 0.717) is 50.1 Å². The van der Waals surface area contributed by atoms with Crippen molar-refractivity contribution in [1.29, 1.82) is 0 Å². The first-order valence-corrected chi connectivity index (χ1v) is 9.55. The average molecular weight is 381 g/mol. The first-order chi connectivity index (χ1) is 12.8. The largest absolute Gasteiger partial charge is 0.383 e. The normalized spacial score (nSPS) is 20.0. The maximum Gasteiger partial charge on any atom is 0.321 e. The lowest BCUT2D eigenvalue weighted by atomic mass is 10.2. The molecule has 1 aromatic rings. The summed E-state index contributed by atoms with van der Waals surface area (Å²) in [7, 11) is 1.60. The number of carbonyl (C=O) groups is 1. The number of morpholine rings is 1. The van der Waals surface area contributed by atoms with Gasteiger partial charge in [-0.05, 0) is 38.0 Å². The van der Waals surface area contributed by atoms with Crippen LogP contribution in [0.3, 0.4) is 0 Å². The smallest absolute Gasteiger partial charge is 0.321 e. The van der Waals surface area contributed by atoms with Crippen LogP contribution in [0, 0.1) is 11.7 Å². The van der Waals surface area contributed by atoms with Crippen molar-refractivity contribution in [1.82, 2.24) is 4.90 Å². The molecule has 0 bridgehead atoms. The Morgan fingerprint density at radius 3 is 2.59 bits per heavy atom. The van der Waals surface area contributed by atoms with Crippen molar-refractivity contribution in [2.45, 2.75) is 39.9 Å². The number of benzene rings is 1. The van der Waals surface area contributed by atoms with Crippen molar-refractivity contribution < 1.29 is 18.7 Å². The summed E-state index contributed by atoms with van der Waals surface area (Å²) in [5.41, 5.74) is 0.982. The highest BCUT2D eigenvalue weighted by Crippen LogP contribution is 2.26. The third kappa shape index (κ3) is 6.36. The first-order valence-electron chi connectivity index (χ1n) is 9.55. The zero-order valence-corrected chi connectivity index (χ0v) is 17.0. The van der Waals surface area contributed by atoms with Gasteiger partial charge in [-0.15, -0.1) is 0 Å². The van der Waals surface area contributed by atoms with E-state index in [1.54, 1.807) is 24.1 Å². The predicted octanol–water partition coefficient (Wildman–Crippen LogP) is 3.58. The molecule has 2 amide bonds. The van der Waals surface area contributed by atoms with Crippen LogP contribution < -0.4 is 10.2 Å². The number of nitrogens with zero attached hydrogens (tertiary/aromatic N) is 2. The number of hydrogen-bond donors (Lipinski definition) is 1. The summed E-state index contributed by atoms with van der Waals surface area (Å²) >= 11 is 0. The fraction of sp³-hybridized carbons (Fsp3) is 0.650. The lowest BCUT2D eigenvalue weighted by molar-refractivity contribution is -0.00539. The number of nitrogens with one attached hydrogen (secondary N) is 1. The van der Waals surface area contributed by atoms with E-state index in [2.05, 4.69) is 5.32 Å². The SMILES string of the molecule is COCCN(CC(C)C)C(=O)Nc1ccc(N2CC(C)OC(C)C2)c(F)c1. The van der Waals surface area contributed by atoms with Crippen LogP contribution in [0.1, 0.15) is 27.7 Å². The highest BCUT2D eigenvalue weighted by atomic mass is 19.1. The van der Waals surface area contributed by atoms with E-state index in [0.717, 1.165) is 0 Å². The molecule has 1 aliphatic heterocycles. The molecule has 2 unspecified atom stereocenters. The molecule has 2 rings (SSSR count). The van der Waals surface area contributed by atoms with E-state index < -0.39 is 0 Å². The molecule has 6 nitrogen and oxygen atoms in total. The van der Waals surface area contributed by atoms with Crippen LogP contribution in [0.25, 0.3) is 0 Å². The molecule has 2 atom stereocenters. The van der Waals surface area contributed by atoms with Gasteiger partial charge in [-0.2, -0.15) is 0 Å². The molecule has 1 aliphatic rings. The minimum Gasteiger partial charge on any atom is -0.383 e. The van der Waals surface area contributed by atoms with Gasteiger partial charge in [-0.3, -0.25) is 0 Å². The van der Waals surface area contributed by atoms with Gasteiger partial charge < -0.3 is 24.6 Å². The molecule has 0 spiro atoms. The number of urea groups is 1. The lowest BCUT2D eigenvalue weighted by Gasteiger charge is -2.37. The standard InChI is InChI=1S/C20H32FN3O3/c1-14(2)11-23(8-9-26-5)20(25)22-17-6-7-19(18(21)10-17)24-12-15(3)27-16(4)13-24/h6-7,10,14-16H,8-9,11-13H2,1-5H3,(H,22,25). The number of halogens is 1. The van der Waals surface area contributed by atoms with Crippen LogP contribution >= 0.6 is 0 Å². The number of amides is 2. The fourth-order valence-electron chi connectivity index (χ4n) is 3.34. The quantitative estimate of drug-likeness (QED) is 0.784. The maximum absolute atomic E-state index is 14.7. The van der Waals surface area contributed by atoms with Gasteiger partial charge in [-0.1, -0.05) is 13.8 Å². The van der Waals surface area contributed by atoms with Crippen LogP contribution in [0.2, 0.25) is 0 Å². The predicted molar refractivity (Wildman–Crippen MR) is 106 cm³/mol. The molecule has 0 aromatic heterocycles. The van der Waals surface area contributed by atoms with E-state index >= 15 is 0 Å². The van der Waals surface area contributed by atoms with Gasteiger partial charge in [0.1, 0.15) is 5.82 Å². The molecule has 1 aromatic carbocycles. The van der Waals surface area contributed by atoms with E-state index in [9.17, 15) is 9.18 Å². The van der Waals surface area contributed by atoms with Crippen LogP contribution in [0.15, 0.2) is 18.2 Å². The van der Waals surface area contributed by atoms with Crippen LogP contribution in [-0.2, 0) is 9.47 Å². The van der Waals surface area contributed by atoms with Gasteiger partial charge in [0.2, 0.25) is 0 Å². The van der Waals surface area contributed by atoms with Gasteiger partial charge in [0.25, 0.3) is 0 Å². The zero-order valence-electron chi connectivity index (χ0n) is 17.0. The summed E-state index contributed by atoms with van der Waals surface area (Å²) < 4.78 is 25.5. The third-order valence-corrected chi connectivity index (χ3v) is 4.40. The Morgan fingerprint density at radius 2 is 2.04 bits per heavy atom. The van der Waals surface area contributed by atoms with Crippen molar-refractivity contribution in [3.8, 4) is 0 Å². The van der Waals surface area contributed by atoms with E-state index in [-0.39, 0.29) is 24.1 Å². The summed E-state index contributed by atoms with van der Waals surface area (Å²) in [6.07, 6.45) is 0.107. The molecular formula is C20H32FN3O3. The topological polar surface area (TPSA) is 54.0 Å². The number of hydrogen-bond acceptors (Lipinski definition) is 4. The second-order valence-electron chi connectivity index (χ2n) is 7.59. The Bertz CT molecular complexity index is 616. The zero-order chi connectivity index (χ0) is 20.0. The molecule has 1 N–H and O–H groups in total. The van der Waals surface area contributed by atoms with E-state index in [1.165, 1.54) is 6.07 Å². The summed E-state index contributed by atoms with van der Waals surface area (Å²) in [4.78, 5) is 16.2. The summed E-state index contributed by atoms with van der Waals surface area (Å²) in [6, 6.07) is 4.59. The number of carbonyl (C=O) groups excluding carboxylic acids is 1. The fourth-order valence-corrected chi connectivity index (χ4v) is 3.34. The van der Waals surface area contributed by atoms with E-state index in [1.807, 2.05) is 32.6 Å². The summed E-state index contributed by atoms with van der Waals surface area (Å²) in [5, 5.41) is 2.79. The second kappa shape index (κ2) is 9.90. The minimum absolute atomic E-state index is 0.0536. The monoisotopic (exact) mass is 381 g/mol. The Kier molecular flexibility index (Phi) is 7.86. The van der Waals surface area contributed by atoms with Gasteiger partial charge in [-0.25, -0.2) is 9.18 Å². The van der Waals surface area contributed by atoms with Crippen molar-refractivity contribution in [3.63, 3.8) is 0 Å². The van der Waals surface area contributed by atoms with Crippen molar-refractivity contribution in [2.24, 2.45) is 5.92 Å². The Morgan fingerprint density at radius 1 is 1.37 bits per heavy atom. The molecule has 0 aliphatic carbocycles. The van der Waals surface area contributed by atoms with Crippen LogP contribution in [0.4, 0.5) is 20.6 Å². The summed E-state index contributed by atoms with van der Waals surface area (Å²) in [5.74, 6) is -0.0154. The van der Waals surface area contributed by atoms with Gasteiger partial charge in [0.05, 0.1) is 24.5 Å². The van der Waals surface area contributed by atoms with Gasteiger partial charge in [0, 0.05) is 39.0 Å². The van der Waals surface area contributed by atoms with Gasteiger partial charge in [0.15, 0.2) is 0 Å². The van der Waals surface area contributed by atoms with Crippen LogP contribution in [0.5, 0.6) is 0 Å². The molecular weight excluding hydrogens is 349 g/mol. The number of rotatable bonds is 7. The molecule has 7 heteroatoms. The first kappa shape index (κ1) is 21.4. The second-order valence-corrected chi connectivity index (χ2v) is 7.59. The molecule has 27 heavy (non-hydrogen) atoms. The van der Waals surface area contributed by atoms with Crippen molar-refractivity contribution in [2.75, 3.05) is 50.1 Å². The Balaban J connectivity index is 2.06. The lowest BCUT2D eigenvalue weighted by Crippen LogP contribution is -2.45. The highest BCUT2D eigenvalue weighted by Gasteiger charge is 2.24. The number of methoxy groups -OCH3 is 1. The Labute approximate surface area is 161 Å². The molecule has 0 radical (unpaired) electrons. The molecule has 152 valence electrons. The Hall–Kier alpha value is -1.86. The maximum atomic E-state index is 14.7. The van der Waals surface area contributed by atoms with Crippen molar-refractivity contribution in [3.05, 3.63) is 24.0 Å². The molecule has 0 saturated carbocycles. The minimum atomic E-state index is -0.346. The third-order valence-electron chi connectivity index (χ3n) is 4.40. The molecule has 1 saturated heterocycles. The highest BCUT2D eigenvalue weighted by molar-refractivity contribution is 5.89. The summed E-state index contributed by atoms with van der Waals surface area (Å²) in [6.45, 7) is 10.9. The molecule has 1 fully saturated rings. The van der Waals surface area contributed by atoms with Gasteiger partial charge >= 0.3 is 6.03 Å². The average Bonchev–Trinajstić information content (AvgIpc) is 2.57. The van der Waals surface area contributed by atoms with Crippen LogP contribution in [-0.4, -0.2) is 63.0 Å². The molecule has 1 heterocycles. The number of anilines is 2. The van der Waals surface area contributed by atoms with E-state index in [4.69, 9.17) is 9.47 Å². The van der Waals surface area contributed by atoms with Crippen molar-refractivity contribution >= 4 is 17.4 Å².